The maximum atomic E-state index is 12.4. The lowest BCUT2D eigenvalue weighted by Crippen LogP contribution is -2.33. The number of carboxylic acid groups (broad SMARTS) is 2. The molecular formula is C5H6F2O6. The number of ether oxygens (including phenoxy) is 2. The van der Waals surface area contributed by atoms with Gasteiger partial charge in [0.2, 0.25) is 6.10 Å². The molecule has 2 unspecified atom stereocenters. The molecule has 76 valence electrons. The first-order chi connectivity index (χ1) is 5.97. The molecule has 0 spiro atoms. The highest BCUT2D eigenvalue weighted by Crippen LogP contribution is 2.07. The van der Waals surface area contributed by atoms with E-state index in [-0.39, 0.29) is 0 Å². The van der Waals surface area contributed by atoms with Crippen LogP contribution in [0.1, 0.15) is 0 Å². The molecule has 0 rings (SSSR count). The van der Waals surface area contributed by atoms with Crippen molar-refractivity contribution in [1.82, 2.24) is 0 Å². The second kappa shape index (κ2) is 5.12. The smallest absolute Gasteiger partial charge is 0.450 e. The van der Waals surface area contributed by atoms with Gasteiger partial charge < -0.3 is 19.7 Å². The monoisotopic (exact) mass is 200 g/mol. The van der Waals surface area contributed by atoms with E-state index in [4.69, 9.17) is 10.2 Å². The Morgan fingerprint density at radius 1 is 1.23 bits per heavy atom. The number of carbonyl (C=O) groups is 2. The van der Waals surface area contributed by atoms with Crippen molar-refractivity contribution in [3.8, 4) is 0 Å². The highest BCUT2D eigenvalue weighted by Gasteiger charge is 2.28. The summed E-state index contributed by atoms with van der Waals surface area (Å²) < 4.78 is 31.3. The number of rotatable bonds is 4. The van der Waals surface area contributed by atoms with E-state index in [9.17, 15) is 18.4 Å². The molecule has 0 saturated carbocycles. The van der Waals surface area contributed by atoms with Crippen molar-refractivity contribution in [2.75, 3.05) is 6.67 Å². The lowest BCUT2D eigenvalue weighted by Gasteiger charge is -2.15. The third-order valence-corrected chi connectivity index (χ3v) is 0.910. The molecule has 0 amide bonds. The Balaban J connectivity index is 4.06. The third-order valence-electron chi connectivity index (χ3n) is 0.910. The van der Waals surface area contributed by atoms with Crippen LogP contribution in [0.2, 0.25) is 0 Å². The SMILES string of the molecule is O=C(O)OC(F)C(CF)OC(=O)O. The van der Waals surface area contributed by atoms with Gasteiger partial charge in [-0.2, -0.15) is 4.39 Å². The third kappa shape index (κ3) is 4.77. The van der Waals surface area contributed by atoms with Gasteiger partial charge in [0.25, 0.3) is 6.36 Å². The van der Waals surface area contributed by atoms with E-state index in [0.717, 1.165) is 0 Å². The largest absolute Gasteiger partial charge is 0.508 e. The van der Waals surface area contributed by atoms with Crippen molar-refractivity contribution in [3.05, 3.63) is 0 Å². The Kier molecular flexibility index (Phi) is 4.49. The molecule has 0 aliphatic carbocycles. The lowest BCUT2D eigenvalue weighted by atomic mass is 10.4. The van der Waals surface area contributed by atoms with E-state index in [0.29, 0.717) is 0 Å². The molecule has 0 aromatic carbocycles. The summed E-state index contributed by atoms with van der Waals surface area (Å²) >= 11 is 0. The van der Waals surface area contributed by atoms with Crippen molar-refractivity contribution < 1.29 is 38.1 Å². The van der Waals surface area contributed by atoms with Crippen LogP contribution in [0.25, 0.3) is 0 Å². The van der Waals surface area contributed by atoms with Gasteiger partial charge in [-0.05, 0) is 0 Å². The zero-order valence-electron chi connectivity index (χ0n) is 6.15. The van der Waals surface area contributed by atoms with Gasteiger partial charge in [-0.3, -0.25) is 0 Å². The van der Waals surface area contributed by atoms with Crippen LogP contribution < -0.4 is 0 Å². The fourth-order valence-electron chi connectivity index (χ4n) is 0.457. The normalized spacial score (nSPS) is 14.3. The van der Waals surface area contributed by atoms with Crippen LogP contribution in [0.15, 0.2) is 0 Å². The maximum Gasteiger partial charge on any atom is 0.508 e. The van der Waals surface area contributed by atoms with Crippen LogP contribution in [-0.2, 0) is 9.47 Å². The average molecular weight is 200 g/mol. The second-order valence-corrected chi connectivity index (χ2v) is 1.81. The molecule has 0 bridgehead atoms. The molecule has 0 radical (unpaired) electrons. The zero-order valence-corrected chi connectivity index (χ0v) is 6.15. The van der Waals surface area contributed by atoms with E-state index in [1.54, 1.807) is 0 Å². The fourth-order valence-corrected chi connectivity index (χ4v) is 0.457. The summed E-state index contributed by atoms with van der Waals surface area (Å²) in [7, 11) is 0. The van der Waals surface area contributed by atoms with Gasteiger partial charge in [-0.1, -0.05) is 0 Å². The second-order valence-electron chi connectivity index (χ2n) is 1.81. The summed E-state index contributed by atoms with van der Waals surface area (Å²) in [6.45, 7) is -1.51. The Morgan fingerprint density at radius 2 is 1.69 bits per heavy atom. The number of alkyl halides is 2. The Morgan fingerprint density at radius 3 is 2.00 bits per heavy atom. The minimum Gasteiger partial charge on any atom is -0.450 e. The van der Waals surface area contributed by atoms with E-state index >= 15 is 0 Å². The van der Waals surface area contributed by atoms with Crippen LogP contribution in [-0.4, -0.2) is 41.7 Å². The molecule has 13 heavy (non-hydrogen) atoms. The van der Waals surface area contributed by atoms with Crippen molar-refractivity contribution >= 4 is 12.3 Å². The van der Waals surface area contributed by atoms with Crippen molar-refractivity contribution in [1.29, 1.82) is 0 Å². The van der Waals surface area contributed by atoms with E-state index < -0.39 is 31.4 Å². The highest BCUT2D eigenvalue weighted by atomic mass is 19.2. The fraction of sp³-hybridized carbons (Fsp3) is 0.600. The predicted octanol–water partition coefficient (Wildman–Crippen LogP) is 1.01. The molecule has 0 heterocycles. The molecule has 0 aromatic rings. The highest BCUT2D eigenvalue weighted by molar-refractivity contribution is 5.58. The first-order valence-corrected chi connectivity index (χ1v) is 2.96. The van der Waals surface area contributed by atoms with E-state index in [1.807, 2.05) is 0 Å². The van der Waals surface area contributed by atoms with Crippen molar-refractivity contribution in [3.63, 3.8) is 0 Å². The minimum absolute atomic E-state index is 1.51. The maximum absolute atomic E-state index is 12.4. The molecule has 2 atom stereocenters. The zero-order chi connectivity index (χ0) is 10.4. The first kappa shape index (κ1) is 11.4. The summed E-state index contributed by atoms with van der Waals surface area (Å²) in [6.07, 6.45) is -8.66. The van der Waals surface area contributed by atoms with Gasteiger partial charge in [0.1, 0.15) is 6.67 Å². The van der Waals surface area contributed by atoms with Gasteiger partial charge in [-0.25, -0.2) is 14.0 Å². The summed E-state index contributed by atoms with van der Waals surface area (Å²) in [4.78, 5) is 19.5. The van der Waals surface area contributed by atoms with Gasteiger partial charge >= 0.3 is 12.3 Å². The molecule has 0 fully saturated rings. The summed E-state index contributed by atoms with van der Waals surface area (Å²) in [5.41, 5.74) is 0. The van der Waals surface area contributed by atoms with Crippen molar-refractivity contribution in [2.24, 2.45) is 0 Å². The molecule has 0 saturated heterocycles. The van der Waals surface area contributed by atoms with Gasteiger partial charge in [0.05, 0.1) is 0 Å². The van der Waals surface area contributed by atoms with Crippen LogP contribution in [0, 0.1) is 0 Å². The molecule has 6 nitrogen and oxygen atoms in total. The predicted molar refractivity (Wildman–Crippen MR) is 32.9 cm³/mol. The molecule has 2 N–H and O–H groups in total. The molecule has 0 aliphatic heterocycles. The molecule has 0 aromatic heterocycles. The van der Waals surface area contributed by atoms with Gasteiger partial charge in [-0.15, -0.1) is 0 Å². The Bertz CT molecular complexity index is 195. The molecular weight excluding hydrogens is 194 g/mol. The average Bonchev–Trinajstić information content (AvgIpc) is 1.98. The molecule has 0 aliphatic rings. The van der Waals surface area contributed by atoms with E-state index in [1.165, 1.54) is 0 Å². The van der Waals surface area contributed by atoms with Gasteiger partial charge in [0, 0.05) is 0 Å². The van der Waals surface area contributed by atoms with Crippen LogP contribution >= 0.6 is 0 Å². The number of hydrogen-bond donors (Lipinski definition) is 2. The summed E-state index contributed by atoms with van der Waals surface area (Å²) in [6, 6.07) is 0. The first-order valence-electron chi connectivity index (χ1n) is 2.96. The van der Waals surface area contributed by atoms with Crippen LogP contribution in [0.3, 0.4) is 0 Å². The van der Waals surface area contributed by atoms with Crippen LogP contribution in [0.5, 0.6) is 0 Å². The summed E-state index contributed by atoms with van der Waals surface area (Å²) in [5, 5.41) is 15.8. The lowest BCUT2D eigenvalue weighted by molar-refractivity contribution is -0.104. The quantitative estimate of drug-likeness (QED) is 0.657. The van der Waals surface area contributed by atoms with Crippen molar-refractivity contribution in [2.45, 2.75) is 12.5 Å². The topological polar surface area (TPSA) is 93.1 Å². The number of halogens is 2. The summed E-state index contributed by atoms with van der Waals surface area (Å²) in [5.74, 6) is 0. The van der Waals surface area contributed by atoms with Crippen LogP contribution in [0.4, 0.5) is 18.4 Å². The standard InChI is InChI=1S/C5H6F2O6/c6-1-2(12-4(8)9)3(7)13-5(10)11/h2-3H,1H2,(H,8,9)(H,10,11). The Labute approximate surface area is 70.7 Å². The van der Waals surface area contributed by atoms with E-state index in [2.05, 4.69) is 9.47 Å². The Hall–Kier alpha value is -1.60. The minimum atomic E-state index is -2.67. The van der Waals surface area contributed by atoms with Gasteiger partial charge in [0.15, 0.2) is 0 Å². The number of hydrogen-bond acceptors (Lipinski definition) is 4. The molecule has 8 heteroatoms.